The third kappa shape index (κ3) is 7.48. The predicted octanol–water partition coefficient (Wildman–Crippen LogP) is 5.50. The molecule has 2 aromatic rings. The van der Waals surface area contributed by atoms with Crippen LogP contribution in [0.1, 0.15) is 35.4 Å². The summed E-state index contributed by atoms with van der Waals surface area (Å²) in [5, 5.41) is 2.57. The fraction of sp³-hybridized carbons (Fsp3) is 0.500. The molecule has 2 aliphatic heterocycles. The molecule has 4 rings (SSSR count). The Hall–Kier alpha value is -4.08. The lowest BCUT2D eigenvalue weighted by atomic mass is 9.78. The van der Waals surface area contributed by atoms with Crippen LogP contribution in [0.4, 0.5) is 46.0 Å². The van der Waals surface area contributed by atoms with Gasteiger partial charge in [-0.05, 0) is 48.7 Å². The van der Waals surface area contributed by atoms with Crippen molar-refractivity contribution in [2.75, 3.05) is 59.0 Å². The van der Waals surface area contributed by atoms with Gasteiger partial charge < -0.3 is 24.6 Å². The minimum Gasteiger partial charge on any atom is -0.453 e. The number of nitrogens with zero attached hydrogens (tertiary/aromatic N) is 3. The SMILES string of the molecule is COC(=O)NCC1(C(=O)N2C[C@@H](N(C)C(=O)N(C)c3cc(C(F)(F)F)cc(C(F)(F)F)c3)[C@H](c3ccc(F)cc3)C2)CCOCC1. The highest BCUT2D eigenvalue weighted by molar-refractivity contribution is 5.92. The summed E-state index contributed by atoms with van der Waals surface area (Å²) < 4.78 is 105. The number of methoxy groups -OCH3 is 1. The molecule has 0 saturated carbocycles. The number of urea groups is 1. The Labute approximate surface area is 260 Å². The third-order valence-electron chi connectivity index (χ3n) is 8.58. The number of alkyl carbamates (subject to hydrolysis) is 1. The number of hydrogen-bond acceptors (Lipinski definition) is 5. The summed E-state index contributed by atoms with van der Waals surface area (Å²) in [7, 11) is 3.56. The second-order valence-electron chi connectivity index (χ2n) is 11.4. The number of halogens is 7. The molecule has 46 heavy (non-hydrogen) atoms. The Bertz CT molecular complexity index is 1400. The molecule has 9 nitrogen and oxygen atoms in total. The molecule has 2 saturated heterocycles. The van der Waals surface area contributed by atoms with E-state index in [0.29, 0.717) is 22.6 Å². The molecule has 2 aromatic carbocycles. The van der Waals surface area contributed by atoms with E-state index in [4.69, 9.17) is 4.74 Å². The average molecular weight is 663 g/mol. The van der Waals surface area contributed by atoms with E-state index in [-0.39, 0.29) is 57.7 Å². The maximum absolute atomic E-state index is 14.1. The zero-order valence-corrected chi connectivity index (χ0v) is 25.2. The predicted molar refractivity (Wildman–Crippen MR) is 150 cm³/mol. The Morgan fingerprint density at radius 3 is 2.04 bits per heavy atom. The number of ether oxygens (including phenoxy) is 2. The average Bonchev–Trinajstić information content (AvgIpc) is 3.47. The minimum absolute atomic E-state index is 0.0300. The second kappa shape index (κ2) is 13.3. The van der Waals surface area contributed by atoms with Gasteiger partial charge in [-0.3, -0.25) is 9.69 Å². The van der Waals surface area contributed by atoms with Gasteiger partial charge in [-0.2, -0.15) is 26.3 Å². The molecule has 2 aliphatic rings. The molecule has 0 bridgehead atoms. The van der Waals surface area contributed by atoms with Crippen LogP contribution >= 0.6 is 0 Å². The fourth-order valence-corrected chi connectivity index (χ4v) is 5.88. The molecule has 16 heteroatoms. The number of benzene rings is 2. The summed E-state index contributed by atoms with van der Waals surface area (Å²) in [6, 6.07) is 4.48. The monoisotopic (exact) mass is 662 g/mol. The van der Waals surface area contributed by atoms with E-state index < -0.39 is 64.5 Å². The zero-order valence-electron chi connectivity index (χ0n) is 25.2. The quantitative estimate of drug-likeness (QED) is 0.413. The molecular weight excluding hydrogens is 629 g/mol. The Kier molecular flexibility index (Phi) is 10.1. The van der Waals surface area contributed by atoms with Crippen LogP contribution in [-0.4, -0.2) is 87.9 Å². The van der Waals surface area contributed by atoms with E-state index >= 15 is 0 Å². The van der Waals surface area contributed by atoms with Gasteiger partial charge in [-0.1, -0.05) is 12.1 Å². The molecule has 2 fully saturated rings. The molecule has 0 aliphatic carbocycles. The van der Waals surface area contributed by atoms with Crippen molar-refractivity contribution in [1.29, 1.82) is 0 Å². The molecule has 0 unspecified atom stereocenters. The van der Waals surface area contributed by atoms with Crippen LogP contribution in [0.2, 0.25) is 0 Å². The number of anilines is 1. The Morgan fingerprint density at radius 1 is 0.957 bits per heavy atom. The molecule has 2 atom stereocenters. The summed E-state index contributed by atoms with van der Waals surface area (Å²) in [6.45, 7) is 0.423. The maximum Gasteiger partial charge on any atom is 0.416 e. The van der Waals surface area contributed by atoms with Crippen molar-refractivity contribution in [3.8, 4) is 0 Å². The first-order valence-electron chi connectivity index (χ1n) is 14.2. The summed E-state index contributed by atoms with van der Waals surface area (Å²) in [4.78, 5) is 43.0. The number of likely N-dealkylation sites (tertiary alicyclic amines) is 1. The normalized spacial score (nSPS) is 19.8. The fourth-order valence-electron chi connectivity index (χ4n) is 5.88. The van der Waals surface area contributed by atoms with Gasteiger partial charge in [-0.25, -0.2) is 14.0 Å². The lowest BCUT2D eigenvalue weighted by Gasteiger charge is -2.38. The van der Waals surface area contributed by atoms with Gasteiger partial charge in [0.05, 0.1) is 29.7 Å². The van der Waals surface area contributed by atoms with Crippen molar-refractivity contribution in [2.45, 2.75) is 37.2 Å². The summed E-state index contributed by atoms with van der Waals surface area (Å²) in [6.07, 6.45) is -10.4. The van der Waals surface area contributed by atoms with Crippen LogP contribution in [0.3, 0.4) is 0 Å². The van der Waals surface area contributed by atoms with Crippen LogP contribution in [-0.2, 0) is 26.6 Å². The highest BCUT2D eigenvalue weighted by atomic mass is 19.4. The summed E-state index contributed by atoms with van der Waals surface area (Å²) >= 11 is 0. The van der Waals surface area contributed by atoms with E-state index in [9.17, 15) is 45.1 Å². The largest absolute Gasteiger partial charge is 0.453 e. The van der Waals surface area contributed by atoms with Gasteiger partial charge in [0.25, 0.3) is 0 Å². The molecule has 0 radical (unpaired) electrons. The number of alkyl halides is 6. The van der Waals surface area contributed by atoms with Gasteiger partial charge >= 0.3 is 24.5 Å². The zero-order chi connectivity index (χ0) is 34.0. The molecule has 0 spiro atoms. The number of carbonyl (C=O) groups is 3. The van der Waals surface area contributed by atoms with Crippen molar-refractivity contribution in [3.63, 3.8) is 0 Å². The van der Waals surface area contributed by atoms with Crippen LogP contribution in [0, 0.1) is 11.2 Å². The van der Waals surface area contributed by atoms with Crippen molar-refractivity contribution < 1.29 is 54.6 Å². The molecule has 1 N–H and O–H groups in total. The first-order valence-corrected chi connectivity index (χ1v) is 14.2. The van der Waals surface area contributed by atoms with E-state index in [0.717, 1.165) is 11.9 Å². The number of nitrogens with one attached hydrogen (secondary N) is 1. The van der Waals surface area contributed by atoms with Crippen molar-refractivity contribution in [2.24, 2.45) is 5.41 Å². The topological polar surface area (TPSA) is 91.4 Å². The molecule has 252 valence electrons. The number of amides is 4. The van der Waals surface area contributed by atoms with Crippen LogP contribution in [0.15, 0.2) is 42.5 Å². The molecule has 4 amide bonds. The first kappa shape index (κ1) is 34.8. The molecule has 0 aromatic heterocycles. The van der Waals surface area contributed by atoms with E-state index in [1.54, 1.807) is 0 Å². The summed E-state index contributed by atoms with van der Waals surface area (Å²) in [5.74, 6) is -1.48. The lowest BCUT2D eigenvalue weighted by Crippen LogP contribution is -2.53. The number of rotatable bonds is 6. The Balaban J connectivity index is 1.66. The standard InChI is InChI=1S/C30H33F7N4O5/c1-39(22-13-19(29(32,33)34)12-20(14-22)30(35,36)37)27(44)40(2)24-16-41(15-23(24)18-4-6-21(31)7-5-18)25(42)28(8-10-46-11-9-28)17-38-26(43)45-3/h4-7,12-14,23-24H,8-11,15-17H2,1-3H3,(H,38,43)/t23-,24+/m0/s1. The highest BCUT2D eigenvalue weighted by Crippen LogP contribution is 2.40. The molecular formula is C30H33F7N4O5. The first-order chi connectivity index (χ1) is 21.5. The number of hydrogen-bond donors (Lipinski definition) is 1. The highest BCUT2D eigenvalue weighted by Gasteiger charge is 2.48. The summed E-state index contributed by atoms with van der Waals surface area (Å²) in [5.41, 5.74) is -4.32. The molecule has 2 heterocycles. The van der Waals surface area contributed by atoms with Crippen molar-refractivity contribution in [1.82, 2.24) is 15.1 Å². The number of carbonyl (C=O) groups excluding carboxylic acids is 3. The maximum atomic E-state index is 14.1. The van der Waals surface area contributed by atoms with Gasteiger partial charge in [-0.15, -0.1) is 0 Å². The third-order valence-corrected chi connectivity index (χ3v) is 8.58. The van der Waals surface area contributed by atoms with Crippen molar-refractivity contribution >= 4 is 23.7 Å². The smallest absolute Gasteiger partial charge is 0.416 e. The van der Waals surface area contributed by atoms with Crippen molar-refractivity contribution in [3.05, 3.63) is 65.0 Å². The van der Waals surface area contributed by atoms with Crippen LogP contribution < -0.4 is 10.2 Å². The van der Waals surface area contributed by atoms with E-state index in [1.807, 2.05) is 0 Å². The van der Waals surface area contributed by atoms with Crippen LogP contribution in [0.5, 0.6) is 0 Å². The lowest BCUT2D eigenvalue weighted by molar-refractivity contribution is -0.146. The van der Waals surface area contributed by atoms with Gasteiger partial charge in [0.2, 0.25) is 5.91 Å². The van der Waals surface area contributed by atoms with Crippen LogP contribution in [0.25, 0.3) is 0 Å². The van der Waals surface area contributed by atoms with Gasteiger partial charge in [0.1, 0.15) is 5.82 Å². The Morgan fingerprint density at radius 2 is 1.52 bits per heavy atom. The minimum atomic E-state index is -5.12. The van der Waals surface area contributed by atoms with Gasteiger partial charge in [0, 0.05) is 58.5 Å². The van der Waals surface area contributed by atoms with Gasteiger partial charge in [0.15, 0.2) is 0 Å². The second-order valence-corrected chi connectivity index (χ2v) is 11.4. The number of likely N-dealkylation sites (N-methyl/N-ethyl adjacent to an activating group) is 1. The van der Waals surface area contributed by atoms with E-state index in [1.165, 1.54) is 43.3 Å². The van der Waals surface area contributed by atoms with E-state index in [2.05, 4.69) is 10.1 Å².